The van der Waals surface area contributed by atoms with Gasteiger partial charge in [-0.1, -0.05) is 0 Å². The van der Waals surface area contributed by atoms with E-state index in [1.165, 1.54) is 6.33 Å². The summed E-state index contributed by atoms with van der Waals surface area (Å²) < 4.78 is 0.633. The average Bonchev–Trinajstić information content (AvgIpc) is 2.26. The van der Waals surface area contributed by atoms with Crippen LogP contribution in [-0.2, 0) is 0 Å². The molecule has 0 amide bonds. The zero-order valence-corrected chi connectivity index (χ0v) is 12.3. The molecule has 1 aromatic rings. The molecule has 0 aromatic carbocycles. The van der Waals surface area contributed by atoms with Crippen LogP contribution < -0.4 is 16.6 Å². The minimum absolute atomic E-state index is 0.366. The van der Waals surface area contributed by atoms with Gasteiger partial charge in [-0.05, 0) is 36.9 Å². The van der Waals surface area contributed by atoms with Crippen molar-refractivity contribution in [3.05, 3.63) is 10.8 Å². The van der Waals surface area contributed by atoms with Gasteiger partial charge in [0.1, 0.15) is 16.6 Å². The van der Waals surface area contributed by atoms with Gasteiger partial charge in [-0.3, -0.25) is 0 Å². The fourth-order valence-corrected chi connectivity index (χ4v) is 2.06. The Hall–Kier alpha value is -0.960. The van der Waals surface area contributed by atoms with Gasteiger partial charge in [0.2, 0.25) is 0 Å². The number of nitrogen functional groups attached to an aromatic ring is 1. The Balaban J connectivity index is 2.69. The Labute approximate surface area is 115 Å². The third-order valence-corrected chi connectivity index (χ3v) is 2.97. The third-order valence-electron chi connectivity index (χ3n) is 2.22. The summed E-state index contributed by atoms with van der Waals surface area (Å²) in [4.78, 5) is 9.95. The molecular formula is C10H19BrN6O. The molecule has 0 bridgehead atoms. The summed E-state index contributed by atoms with van der Waals surface area (Å²) in [5.74, 6) is 6.38. The van der Waals surface area contributed by atoms with Gasteiger partial charge in [-0.25, -0.2) is 15.8 Å². The van der Waals surface area contributed by atoms with E-state index in [1.807, 2.05) is 19.0 Å². The van der Waals surface area contributed by atoms with Crippen LogP contribution in [0.25, 0.3) is 0 Å². The Morgan fingerprint density at radius 3 is 2.61 bits per heavy atom. The second-order valence-electron chi connectivity index (χ2n) is 4.62. The highest BCUT2D eigenvalue weighted by molar-refractivity contribution is 9.10. The molecule has 18 heavy (non-hydrogen) atoms. The molecule has 0 aliphatic carbocycles. The number of anilines is 2. The smallest absolute Gasteiger partial charge is 0.159 e. The van der Waals surface area contributed by atoms with Crippen molar-refractivity contribution in [2.45, 2.75) is 12.5 Å². The first-order valence-corrected chi connectivity index (χ1v) is 6.23. The van der Waals surface area contributed by atoms with E-state index in [4.69, 9.17) is 5.84 Å². The lowest BCUT2D eigenvalue weighted by molar-refractivity contribution is 0.0459. The number of hydrazine groups is 1. The number of halogens is 1. The Morgan fingerprint density at radius 2 is 2.06 bits per heavy atom. The molecule has 0 saturated carbocycles. The number of nitrogens with zero attached hydrogens (tertiary/aromatic N) is 3. The first kappa shape index (κ1) is 15.1. The highest BCUT2D eigenvalue weighted by atomic mass is 79.9. The highest BCUT2D eigenvalue weighted by Gasteiger charge is 2.22. The van der Waals surface area contributed by atoms with Crippen LogP contribution >= 0.6 is 15.9 Å². The normalized spacial score (nSPS) is 14.4. The van der Waals surface area contributed by atoms with Gasteiger partial charge in [0, 0.05) is 13.1 Å². The first-order valence-electron chi connectivity index (χ1n) is 5.44. The largest absolute Gasteiger partial charge is 0.387 e. The quantitative estimate of drug-likeness (QED) is 0.440. The van der Waals surface area contributed by atoms with Gasteiger partial charge < -0.3 is 20.7 Å². The van der Waals surface area contributed by atoms with E-state index in [-0.39, 0.29) is 0 Å². The van der Waals surface area contributed by atoms with Crippen LogP contribution in [0.2, 0.25) is 0 Å². The van der Waals surface area contributed by atoms with Gasteiger partial charge in [0.25, 0.3) is 0 Å². The summed E-state index contributed by atoms with van der Waals surface area (Å²) in [7, 11) is 3.82. The Morgan fingerprint density at radius 1 is 1.44 bits per heavy atom. The van der Waals surface area contributed by atoms with Crippen LogP contribution in [0.3, 0.4) is 0 Å². The van der Waals surface area contributed by atoms with E-state index in [2.05, 4.69) is 36.6 Å². The number of aliphatic hydroxyl groups is 1. The molecule has 1 unspecified atom stereocenters. The SMILES string of the molecule is CN(C)CC(C)(O)CNc1ncnc(NN)c1Br. The van der Waals surface area contributed by atoms with E-state index in [0.29, 0.717) is 29.2 Å². The van der Waals surface area contributed by atoms with Crippen molar-refractivity contribution in [2.24, 2.45) is 5.84 Å². The van der Waals surface area contributed by atoms with E-state index < -0.39 is 5.60 Å². The second-order valence-corrected chi connectivity index (χ2v) is 5.41. The molecule has 0 spiro atoms. The molecule has 0 radical (unpaired) electrons. The maximum atomic E-state index is 10.2. The molecule has 1 rings (SSSR count). The number of likely N-dealkylation sites (N-methyl/N-ethyl adjacent to an activating group) is 1. The molecule has 1 aromatic heterocycles. The molecule has 0 fully saturated rings. The van der Waals surface area contributed by atoms with Gasteiger partial charge in [-0.15, -0.1) is 0 Å². The monoisotopic (exact) mass is 318 g/mol. The molecule has 5 N–H and O–H groups in total. The molecular weight excluding hydrogens is 300 g/mol. The fourth-order valence-electron chi connectivity index (χ4n) is 1.61. The van der Waals surface area contributed by atoms with Gasteiger partial charge in [0.05, 0.1) is 5.60 Å². The van der Waals surface area contributed by atoms with Crippen molar-refractivity contribution in [1.82, 2.24) is 14.9 Å². The second kappa shape index (κ2) is 6.28. The maximum absolute atomic E-state index is 10.2. The predicted molar refractivity (Wildman–Crippen MR) is 75.2 cm³/mol. The van der Waals surface area contributed by atoms with Crippen molar-refractivity contribution in [3.63, 3.8) is 0 Å². The van der Waals surface area contributed by atoms with Crippen LogP contribution in [0.5, 0.6) is 0 Å². The van der Waals surface area contributed by atoms with Gasteiger partial charge >= 0.3 is 0 Å². The summed E-state index contributed by atoms with van der Waals surface area (Å²) in [6.07, 6.45) is 1.39. The Kier molecular flexibility index (Phi) is 5.27. The number of nitrogens with two attached hydrogens (primary N) is 1. The van der Waals surface area contributed by atoms with Crippen LogP contribution in [0, 0.1) is 0 Å². The summed E-state index contributed by atoms with van der Waals surface area (Å²) >= 11 is 3.34. The van der Waals surface area contributed by atoms with Crippen molar-refractivity contribution in [3.8, 4) is 0 Å². The van der Waals surface area contributed by atoms with Crippen molar-refractivity contribution < 1.29 is 5.11 Å². The summed E-state index contributed by atoms with van der Waals surface area (Å²) in [5.41, 5.74) is 1.60. The number of rotatable bonds is 6. The molecule has 102 valence electrons. The van der Waals surface area contributed by atoms with E-state index in [9.17, 15) is 5.11 Å². The van der Waals surface area contributed by atoms with Gasteiger partial charge in [-0.2, -0.15) is 0 Å². The molecule has 7 nitrogen and oxygen atoms in total. The predicted octanol–water partition coefficient (Wildman–Crippen LogP) is 0.249. The lowest BCUT2D eigenvalue weighted by Gasteiger charge is -2.27. The summed E-state index contributed by atoms with van der Waals surface area (Å²) in [6.45, 7) is 2.67. The molecule has 0 aliphatic heterocycles. The van der Waals surface area contributed by atoms with E-state index in [1.54, 1.807) is 6.92 Å². The van der Waals surface area contributed by atoms with Crippen LogP contribution in [0.4, 0.5) is 11.6 Å². The number of hydrogen-bond donors (Lipinski definition) is 4. The average molecular weight is 319 g/mol. The standard InChI is InChI=1S/C10H19BrN6O/c1-10(18,5-17(2)3)4-13-8-7(11)9(16-12)15-6-14-8/h6,18H,4-5,12H2,1-3H3,(H2,13,14,15,16). The maximum Gasteiger partial charge on any atom is 0.159 e. The van der Waals surface area contributed by atoms with Crippen molar-refractivity contribution in [2.75, 3.05) is 37.9 Å². The van der Waals surface area contributed by atoms with E-state index in [0.717, 1.165) is 0 Å². The first-order chi connectivity index (χ1) is 8.35. The van der Waals surface area contributed by atoms with E-state index >= 15 is 0 Å². The summed E-state index contributed by atoms with van der Waals surface area (Å²) in [6, 6.07) is 0. The zero-order chi connectivity index (χ0) is 13.8. The molecule has 1 heterocycles. The van der Waals surface area contributed by atoms with Crippen molar-refractivity contribution >= 4 is 27.6 Å². The number of nitrogens with one attached hydrogen (secondary N) is 2. The lowest BCUT2D eigenvalue weighted by Crippen LogP contribution is -2.43. The van der Waals surface area contributed by atoms with Crippen LogP contribution in [-0.4, -0.2) is 52.8 Å². The molecule has 1 atom stereocenters. The minimum Gasteiger partial charge on any atom is -0.387 e. The zero-order valence-electron chi connectivity index (χ0n) is 10.7. The summed E-state index contributed by atoms with van der Waals surface area (Å²) in [5, 5.41) is 13.2. The topological polar surface area (TPSA) is 99.3 Å². The third kappa shape index (κ3) is 4.37. The Bertz CT molecular complexity index is 398. The minimum atomic E-state index is -0.857. The fraction of sp³-hybridized carbons (Fsp3) is 0.600. The number of hydrogen-bond acceptors (Lipinski definition) is 7. The molecule has 8 heteroatoms. The van der Waals surface area contributed by atoms with Gasteiger partial charge in [0.15, 0.2) is 5.82 Å². The molecule has 0 aliphatic rings. The lowest BCUT2D eigenvalue weighted by atomic mass is 10.1. The van der Waals surface area contributed by atoms with Crippen molar-refractivity contribution in [1.29, 1.82) is 0 Å². The van der Waals surface area contributed by atoms with Crippen LogP contribution in [0.15, 0.2) is 10.8 Å². The van der Waals surface area contributed by atoms with Crippen LogP contribution in [0.1, 0.15) is 6.92 Å². The highest BCUT2D eigenvalue weighted by Crippen LogP contribution is 2.25. The molecule has 0 saturated heterocycles. The number of aromatic nitrogens is 2.